The standard InChI is InChI=1S/C14H21NOS/c1-14(2,10-15(3)4)13(16)11-6-8-12(17-5)9-7-11/h6-9H,10H2,1-5H3. The molecule has 0 aliphatic rings. The average Bonchev–Trinajstić information content (AvgIpc) is 2.26. The van der Waals surface area contributed by atoms with E-state index < -0.39 is 0 Å². The van der Waals surface area contributed by atoms with Crippen molar-refractivity contribution in [2.24, 2.45) is 5.41 Å². The highest BCUT2D eigenvalue weighted by Crippen LogP contribution is 2.24. The first kappa shape index (κ1) is 14.3. The minimum absolute atomic E-state index is 0.207. The van der Waals surface area contributed by atoms with Gasteiger partial charge in [-0.3, -0.25) is 4.79 Å². The van der Waals surface area contributed by atoms with Crippen molar-refractivity contribution < 1.29 is 4.79 Å². The smallest absolute Gasteiger partial charge is 0.169 e. The topological polar surface area (TPSA) is 20.3 Å². The van der Waals surface area contributed by atoms with Crippen LogP contribution >= 0.6 is 11.8 Å². The first-order chi connectivity index (χ1) is 7.86. The van der Waals surface area contributed by atoms with Crippen LogP contribution in [0.4, 0.5) is 0 Å². The fourth-order valence-electron chi connectivity index (χ4n) is 2.00. The van der Waals surface area contributed by atoms with Crippen LogP contribution in [-0.4, -0.2) is 37.6 Å². The molecule has 0 aliphatic carbocycles. The van der Waals surface area contributed by atoms with Crippen LogP contribution in [0.1, 0.15) is 24.2 Å². The Labute approximate surface area is 108 Å². The first-order valence-corrected chi connectivity index (χ1v) is 6.93. The third-order valence-corrected chi connectivity index (χ3v) is 3.42. The molecule has 1 aromatic rings. The molecule has 94 valence electrons. The number of carbonyl (C=O) groups is 1. The second-order valence-electron chi connectivity index (χ2n) is 5.18. The van der Waals surface area contributed by atoms with Gasteiger partial charge in [-0.1, -0.05) is 26.0 Å². The molecule has 0 radical (unpaired) electrons. The Morgan fingerprint density at radius 2 is 1.76 bits per heavy atom. The minimum atomic E-state index is -0.343. The maximum atomic E-state index is 12.4. The predicted octanol–water partition coefficient (Wildman–Crippen LogP) is 3.18. The Bertz CT molecular complexity index is 382. The summed E-state index contributed by atoms with van der Waals surface area (Å²) in [7, 11) is 3.98. The number of nitrogens with zero attached hydrogens (tertiary/aromatic N) is 1. The van der Waals surface area contributed by atoms with Gasteiger partial charge in [0, 0.05) is 22.4 Å². The highest BCUT2D eigenvalue weighted by Gasteiger charge is 2.29. The molecule has 0 unspecified atom stereocenters. The van der Waals surface area contributed by atoms with E-state index in [0.717, 1.165) is 12.1 Å². The van der Waals surface area contributed by atoms with E-state index in [-0.39, 0.29) is 11.2 Å². The fraction of sp³-hybridized carbons (Fsp3) is 0.500. The van der Waals surface area contributed by atoms with Crippen LogP contribution in [0.3, 0.4) is 0 Å². The van der Waals surface area contributed by atoms with E-state index in [0.29, 0.717) is 0 Å². The maximum absolute atomic E-state index is 12.4. The van der Waals surface area contributed by atoms with E-state index in [4.69, 9.17) is 0 Å². The van der Waals surface area contributed by atoms with Crippen molar-refractivity contribution in [1.82, 2.24) is 4.90 Å². The molecule has 0 aliphatic heterocycles. The van der Waals surface area contributed by atoms with E-state index in [1.54, 1.807) is 11.8 Å². The molecule has 0 aromatic heterocycles. The zero-order valence-corrected chi connectivity index (χ0v) is 12.1. The molecule has 0 N–H and O–H groups in total. The van der Waals surface area contributed by atoms with Crippen LogP contribution in [0.25, 0.3) is 0 Å². The highest BCUT2D eigenvalue weighted by atomic mass is 32.2. The normalized spacial score (nSPS) is 11.9. The Balaban J connectivity index is 2.87. The number of ketones is 1. The third kappa shape index (κ3) is 3.86. The van der Waals surface area contributed by atoms with E-state index >= 15 is 0 Å². The average molecular weight is 251 g/mol. The van der Waals surface area contributed by atoms with Crippen molar-refractivity contribution in [2.75, 3.05) is 26.9 Å². The van der Waals surface area contributed by atoms with Crippen molar-refractivity contribution in [3.05, 3.63) is 29.8 Å². The van der Waals surface area contributed by atoms with Gasteiger partial charge in [0.05, 0.1) is 0 Å². The predicted molar refractivity (Wildman–Crippen MR) is 74.9 cm³/mol. The lowest BCUT2D eigenvalue weighted by Gasteiger charge is -2.26. The molecule has 0 amide bonds. The van der Waals surface area contributed by atoms with Gasteiger partial charge < -0.3 is 4.90 Å². The van der Waals surface area contributed by atoms with Crippen LogP contribution in [0.5, 0.6) is 0 Å². The molecular weight excluding hydrogens is 230 g/mol. The quantitative estimate of drug-likeness (QED) is 0.592. The molecule has 0 saturated heterocycles. The minimum Gasteiger partial charge on any atom is -0.308 e. The molecule has 0 heterocycles. The molecule has 0 saturated carbocycles. The number of carbonyl (C=O) groups excluding carboxylic acids is 1. The van der Waals surface area contributed by atoms with Crippen LogP contribution < -0.4 is 0 Å². The molecule has 3 heteroatoms. The van der Waals surface area contributed by atoms with Crippen molar-refractivity contribution in [2.45, 2.75) is 18.7 Å². The van der Waals surface area contributed by atoms with Gasteiger partial charge in [-0.15, -0.1) is 11.8 Å². The molecule has 1 aromatic carbocycles. The van der Waals surface area contributed by atoms with Crippen molar-refractivity contribution in [1.29, 1.82) is 0 Å². The second-order valence-corrected chi connectivity index (χ2v) is 6.06. The Morgan fingerprint density at radius 1 is 1.24 bits per heavy atom. The van der Waals surface area contributed by atoms with Gasteiger partial charge in [-0.2, -0.15) is 0 Å². The Kier molecular flexibility index (Phi) is 4.78. The monoisotopic (exact) mass is 251 g/mol. The second kappa shape index (κ2) is 5.69. The van der Waals surface area contributed by atoms with E-state index in [9.17, 15) is 4.79 Å². The molecule has 2 nitrogen and oxygen atoms in total. The Morgan fingerprint density at radius 3 is 2.18 bits per heavy atom. The zero-order chi connectivity index (χ0) is 13.1. The summed E-state index contributed by atoms with van der Waals surface area (Å²) in [4.78, 5) is 15.6. The van der Waals surface area contributed by atoms with Gasteiger partial charge in [0.1, 0.15) is 0 Å². The summed E-state index contributed by atoms with van der Waals surface area (Å²) in [5.41, 5.74) is 0.458. The largest absolute Gasteiger partial charge is 0.308 e. The molecule has 0 bridgehead atoms. The summed E-state index contributed by atoms with van der Waals surface area (Å²) in [6, 6.07) is 7.85. The zero-order valence-electron chi connectivity index (χ0n) is 11.3. The van der Waals surface area contributed by atoms with Gasteiger partial charge >= 0.3 is 0 Å². The molecule has 17 heavy (non-hydrogen) atoms. The molecule has 0 atom stereocenters. The number of Topliss-reactive ketones (excluding diaryl/α,β-unsaturated/α-hetero) is 1. The van der Waals surface area contributed by atoms with Crippen LogP contribution in [0.2, 0.25) is 0 Å². The van der Waals surface area contributed by atoms with Crippen molar-refractivity contribution in [3.8, 4) is 0 Å². The first-order valence-electron chi connectivity index (χ1n) is 5.70. The summed E-state index contributed by atoms with van der Waals surface area (Å²) in [5.74, 6) is 0.207. The lowest BCUT2D eigenvalue weighted by atomic mass is 9.84. The third-order valence-electron chi connectivity index (χ3n) is 2.68. The van der Waals surface area contributed by atoms with Gasteiger partial charge in [-0.05, 0) is 32.5 Å². The van der Waals surface area contributed by atoms with Crippen LogP contribution in [0, 0.1) is 5.41 Å². The number of hydrogen-bond acceptors (Lipinski definition) is 3. The summed E-state index contributed by atoms with van der Waals surface area (Å²) in [5, 5.41) is 0. The lowest BCUT2D eigenvalue weighted by molar-refractivity contribution is 0.0797. The summed E-state index contributed by atoms with van der Waals surface area (Å²) >= 11 is 1.69. The van der Waals surface area contributed by atoms with Crippen LogP contribution in [-0.2, 0) is 0 Å². The number of benzene rings is 1. The maximum Gasteiger partial charge on any atom is 0.169 e. The van der Waals surface area contributed by atoms with Gasteiger partial charge in [-0.25, -0.2) is 0 Å². The summed E-state index contributed by atoms with van der Waals surface area (Å²) in [6.45, 7) is 4.76. The fourth-order valence-corrected chi connectivity index (χ4v) is 2.40. The van der Waals surface area contributed by atoms with Crippen molar-refractivity contribution in [3.63, 3.8) is 0 Å². The van der Waals surface area contributed by atoms with Crippen LogP contribution in [0.15, 0.2) is 29.2 Å². The molecule has 1 rings (SSSR count). The van der Waals surface area contributed by atoms with Gasteiger partial charge in [0.25, 0.3) is 0 Å². The van der Waals surface area contributed by atoms with Gasteiger partial charge in [0.15, 0.2) is 5.78 Å². The lowest BCUT2D eigenvalue weighted by Crippen LogP contribution is -2.35. The Hall–Kier alpha value is -0.800. The van der Waals surface area contributed by atoms with E-state index in [1.807, 2.05) is 63.4 Å². The molecule has 0 fully saturated rings. The molecular formula is C14H21NOS. The molecule has 0 spiro atoms. The number of rotatable bonds is 5. The summed E-state index contributed by atoms with van der Waals surface area (Å²) < 4.78 is 0. The SMILES string of the molecule is CSc1ccc(C(=O)C(C)(C)CN(C)C)cc1. The summed E-state index contributed by atoms with van der Waals surface area (Å²) in [6.07, 6.45) is 2.03. The van der Waals surface area contributed by atoms with Crippen molar-refractivity contribution >= 4 is 17.5 Å². The highest BCUT2D eigenvalue weighted by molar-refractivity contribution is 7.98. The van der Waals surface area contributed by atoms with Gasteiger partial charge in [0.2, 0.25) is 0 Å². The number of hydrogen-bond donors (Lipinski definition) is 0. The van der Waals surface area contributed by atoms with E-state index in [2.05, 4.69) is 0 Å². The van der Waals surface area contributed by atoms with E-state index in [1.165, 1.54) is 4.90 Å². The number of thioether (sulfide) groups is 1.